The van der Waals surface area contributed by atoms with Crippen LogP contribution in [0, 0.1) is 17.8 Å². The lowest BCUT2D eigenvalue weighted by Crippen LogP contribution is -2.66. The Kier molecular flexibility index (Phi) is 5.81. The number of likely N-dealkylation sites (tertiary alicyclic amines) is 1. The number of carbonyl (C=O) groups excluding carboxylic acids is 2. The maximum atomic E-state index is 13.2. The molecular weight excluding hydrogens is 376 g/mol. The highest BCUT2D eigenvalue weighted by Crippen LogP contribution is 2.42. The van der Waals surface area contributed by atoms with E-state index >= 15 is 0 Å². The van der Waals surface area contributed by atoms with E-state index in [4.69, 9.17) is 4.74 Å². The number of fused-ring (bicyclic) bond motifs is 4. The van der Waals surface area contributed by atoms with Crippen molar-refractivity contribution in [2.75, 3.05) is 26.3 Å². The Labute approximate surface area is 179 Å². The van der Waals surface area contributed by atoms with E-state index < -0.39 is 0 Å². The normalized spacial score (nSPS) is 32.1. The topological polar surface area (TPSA) is 49.9 Å². The Morgan fingerprint density at radius 3 is 2.60 bits per heavy atom. The molecule has 4 aliphatic rings. The van der Waals surface area contributed by atoms with Gasteiger partial charge in [-0.15, -0.1) is 0 Å². The van der Waals surface area contributed by atoms with Gasteiger partial charge in [0, 0.05) is 51.2 Å². The lowest BCUT2D eigenvalue weighted by Gasteiger charge is -2.56. The number of carbonyl (C=O) groups is 2. The first-order valence-corrected chi connectivity index (χ1v) is 11.9. The summed E-state index contributed by atoms with van der Waals surface area (Å²) in [6.45, 7) is 3.24. The Morgan fingerprint density at radius 1 is 1.03 bits per heavy atom. The molecule has 5 nitrogen and oxygen atoms in total. The second-order valence-corrected chi connectivity index (χ2v) is 9.83. The highest BCUT2D eigenvalue weighted by atomic mass is 16.5. The minimum Gasteiger partial charge on any atom is -0.381 e. The van der Waals surface area contributed by atoms with Gasteiger partial charge in [-0.25, -0.2) is 0 Å². The molecule has 0 aliphatic carbocycles. The Balaban J connectivity index is 1.35. The van der Waals surface area contributed by atoms with Gasteiger partial charge in [0.2, 0.25) is 11.8 Å². The summed E-state index contributed by atoms with van der Waals surface area (Å²) in [7, 11) is 0. The molecule has 5 heteroatoms. The van der Waals surface area contributed by atoms with Crippen molar-refractivity contribution in [3.63, 3.8) is 0 Å². The molecule has 0 saturated carbocycles. The van der Waals surface area contributed by atoms with Crippen molar-refractivity contribution in [3.05, 3.63) is 35.9 Å². The van der Waals surface area contributed by atoms with E-state index in [-0.39, 0.29) is 6.04 Å². The lowest BCUT2D eigenvalue weighted by atomic mass is 9.70. The van der Waals surface area contributed by atoms with Crippen molar-refractivity contribution in [2.45, 2.75) is 63.5 Å². The van der Waals surface area contributed by atoms with Gasteiger partial charge in [0.15, 0.2) is 0 Å². The smallest absolute Gasteiger partial charge is 0.223 e. The van der Waals surface area contributed by atoms with Gasteiger partial charge in [-0.05, 0) is 61.8 Å². The summed E-state index contributed by atoms with van der Waals surface area (Å²) < 4.78 is 5.46. The van der Waals surface area contributed by atoms with E-state index in [9.17, 15) is 9.59 Å². The number of hydrogen-bond donors (Lipinski definition) is 0. The molecule has 4 heterocycles. The predicted octanol–water partition coefficient (Wildman–Crippen LogP) is 3.27. The fourth-order valence-electron chi connectivity index (χ4n) is 6.42. The van der Waals surface area contributed by atoms with Gasteiger partial charge in [0.05, 0.1) is 0 Å². The molecule has 4 atom stereocenters. The minimum atomic E-state index is 0.222. The first kappa shape index (κ1) is 20.0. The molecule has 0 spiro atoms. The number of rotatable bonds is 4. The van der Waals surface area contributed by atoms with Crippen LogP contribution in [0.3, 0.4) is 0 Å². The zero-order valence-electron chi connectivity index (χ0n) is 17.9. The van der Waals surface area contributed by atoms with Crippen LogP contribution in [0.1, 0.15) is 50.5 Å². The quantitative estimate of drug-likeness (QED) is 0.765. The fraction of sp³-hybridized carbons (Fsp3) is 0.680. The summed E-state index contributed by atoms with van der Waals surface area (Å²) >= 11 is 0. The first-order valence-electron chi connectivity index (χ1n) is 11.9. The largest absolute Gasteiger partial charge is 0.381 e. The molecule has 0 N–H and O–H groups in total. The van der Waals surface area contributed by atoms with Crippen LogP contribution in [0.4, 0.5) is 0 Å². The molecule has 162 valence electrons. The second kappa shape index (κ2) is 8.70. The van der Waals surface area contributed by atoms with E-state index in [2.05, 4.69) is 34.1 Å². The average Bonchev–Trinajstić information content (AvgIpc) is 2.78. The highest BCUT2D eigenvalue weighted by molar-refractivity contribution is 5.79. The van der Waals surface area contributed by atoms with Crippen molar-refractivity contribution in [2.24, 2.45) is 17.8 Å². The molecule has 1 aromatic rings. The standard InChI is InChI=1S/C25H34N2O3/c28-24-8-4-7-22-20-15-21(23(27(22)24)13-18-5-2-1-3-6-18)17-26(16-20)25(29)14-19-9-11-30-12-10-19/h1-3,5-6,19-23H,4,7-17H2/t20-,21+,22+,23+/m1/s1. The SMILES string of the molecule is O=C(CC1CCOCC1)N1C[C@H]2C[C@@H](C1)[C@H](Cc1ccccc1)N1C(=O)CCC[C@@H]21. The third-order valence-electron chi connectivity index (χ3n) is 7.94. The van der Waals surface area contributed by atoms with E-state index in [1.165, 1.54) is 5.56 Å². The van der Waals surface area contributed by atoms with Crippen LogP contribution in [-0.2, 0) is 20.7 Å². The molecule has 0 radical (unpaired) electrons. The molecule has 0 unspecified atom stereocenters. The average molecular weight is 411 g/mol. The van der Waals surface area contributed by atoms with Crippen molar-refractivity contribution >= 4 is 11.8 Å². The third kappa shape index (κ3) is 4.01. The van der Waals surface area contributed by atoms with Crippen LogP contribution in [0.15, 0.2) is 30.3 Å². The summed E-state index contributed by atoms with van der Waals surface area (Å²) in [4.78, 5) is 30.6. The third-order valence-corrected chi connectivity index (χ3v) is 7.94. The summed E-state index contributed by atoms with van der Waals surface area (Å²) in [6.07, 6.45) is 7.52. The Morgan fingerprint density at radius 2 is 1.80 bits per heavy atom. The maximum Gasteiger partial charge on any atom is 0.223 e. The summed E-state index contributed by atoms with van der Waals surface area (Å²) in [5.74, 6) is 1.97. The molecule has 4 saturated heterocycles. The summed E-state index contributed by atoms with van der Waals surface area (Å²) in [5.41, 5.74) is 1.30. The number of ether oxygens (including phenoxy) is 1. The van der Waals surface area contributed by atoms with Crippen LogP contribution in [0.2, 0.25) is 0 Å². The molecule has 2 amide bonds. The van der Waals surface area contributed by atoms with E-state index in [0.29, 0.717) is 48.5 Å². The summed E-state index contributed by atoms with van der Waals surface area (Å²) in [6, 6.07) is 11.1. The van der Waals surface area contributed by atoms with Crippen LogP contribution >= 0.6 is 0 Å². The van der Waals surface area contributed by atoms with E-state index in [1.807, 2.05) is 6.07 Å². The maximum absolute atomic E-state index is 13.2. The molecule has 2 bridgehead atoms. The minimum absolute atomic E-state index is 0.222. The molecular formula is C25H34N2O3. The second-order valence-electron chi connectivity index (χ2n) is 9.83. The first-order chi connectivity index (χ1) is 14.7. The zero-order valence-corrected chi connectivity index (χ0v) is 17.9. The predicted molar refractivity (Wildman–Crippen MR) is 115 cm³/mol. The number of nitrogens with zero attached hydrogens (tertiary/aromatic N) is 2. The van der Waals surface area contributed by atoms with Crippen LogP contribution in [0.5, 0.6) is 0 Å². The number of amides is 2. The molecule has 30 heavy (non-hydrogen) atoms. The molecule has 0 aromatic heterocycles. The molecule has 1 aromatic carbocycles. The van der Waals surface area contributed by atoms with Crippen LogP contribution in [0.25, 0.3) is 0 Å². The van der Waals surface area contributed by atoms with E-state index in [1.54, 1.807) is 0 Å². The monoisotopic (exact) mass is 410 g/mol. The Bertz CT molecular complexity index is 761. The lowest BCUT2D eigenvalue weighted by molar-refractivity contribution is -0.156. The van der Waals surface area contributed by atoms with Crippen molar-refractivity contribution in [1.29, 1.82) is 0 Å². The van der Waals surface area contributed by atoms with Gasteiger partial charge < -0.3 is 14.5 Å². The van der Waals surface area contributed by atoms with Gasteiger partial charge >= 0.3 is 0 Å². The van der Waals surface area contributed by atoms with Crippen LogP contribution < -0.4 is 0 Å². The van der Waals surface area contributed by atoms with Gasteiger partial charge in [-0.2, -0.15) is 0 Å². The van der Waals surface area contributed by atoms with Crippen molar-refractivity contribution < 1.29 is 14.3 Å². The van der Waals surface area contributed by atoms with Gasteiger partial charge in [-0.3, -0.25) is 9.59 Å². The number of benzene rings is 1. The molecule has 4 fully saturated rings. The van der Waals surface area contributed by atoms with Gasteiger partial charge in [0.1, 0.15) is 0 Å². The van der Waals surface area contributed by atoms with Crippen molar-refractivity contribution in [1.82, 2.24) is 9.80 Å². The molecule has 4 aliphatic heterocycles. The molecule has 5 rings (SSSR count). The van der Waals surface area contributed by atoms with Crippen molar-refractivity contribution in [3.8, 4) is 0 Å². The number of hydrogen-bond acceptors (Lipinski definition) is 3. The highest BCUT2D eigenvalue weighted by Gasteiger charge is 2.49. The van der Waals surface area contributed by atoms with Crippen LogP contribution in [-0.4, -0.2) is 60.0 Å². The zero-order chi connectivity index (χ0) is 20.5. The van der Waals surface area contributed by atoms with E-state index in [0.717, 1.165) is 64.8 Å². The Hall–Kier alpha value is -1.88. The van der Waals surface area contributed by atoms with Gasteiger partial charge in [0.25, 0.3) is 0 Å². The number of piperidine rings is 3. The fourth-order valence-corrected chi connectivity index (χ4v) is 6.42. The summed E-state index contributed by atoms with van der Waals surface area (Å²) in [5, 5.41) is 0. The van der Waals surface area contributed by atoms with Gasteiger partial charge in [-0.1, -0.05) is 30.3 Å².